The van der Waals surface area contributed by atoms with Crippen molar-refractivity contribution < 1.29 is 4.79 Å². The Bertz CT molecular complexity index is 363. The van der Waals surface area contributed by atoms with Crippen molar-refractivity contribution >= 4 is 17.5 Å². The number of nitrogens with zero attached hydrogens (tertiary/aromatic N) is 2. The minimum Gasteiger partial charge on any atom is -0.298 e. The van der Waals surface area contributed by atoms with Crippen LogP contribution >= 0.6 is 11.8 Å². The molecule has 0 aliphatic rings. The molecule has 0 amide bonds. The standard InChI is InChI=1S/C11H18N2OS/c1-8-6-10(13(5)12-8)15-7-9(14)11(2,3)4/h6H,7H2,1-5H3. The summed E-state index contributed by atoms with van der Waals surface area (Å²) in [5.74, 6) is 0.786. The summed E-state index contributed by atoms with van der Waals surface area (Å²) in [6.45, 7) is 7.80. The largest absolute Gasteiger partial charge is 0.298 e. The molecule has 84 valence electrons. The van der Waals surface area contributed by atoms with E-state index in [1.165, 1.54) is 0 Å². The van der Waals surface area contributed by atoms with Gasteiger partial charge in [-0.15, -0.1) is 0 Å². The molecular formula is C11H18N2OS. The lowest BCUT2D eigenvalue weighted by molar-refractivity contribution is -0.123. The van der Waals surface area contributed by atoms with E-state index in [4.69, 9.17) is 0 Å². The van der Waals surface area contributed by atoms with Crippen LogP contribution in [-0.4, -0.2) is 21.3 Å². The molecule has 4 heteroatoms. The Morgan fingerprint density at radius 1 is 1.53 bits per heavy atom. The van der Waals surface area contributed by atoms with Crippen LogP contribution in [0, 0.1) is 12.3 Å². The summed E-state index contributed by atoms with van der Waals surface area (Å²) >= 11 is 1.55. The molecule has 0 aliphatic heterocycles. The highest BCUT2D eigenvalue weighted by Gasteiger charge is 2.21. The molecule has 1 aromatic heterocycles. The fourth-order valence-electron chi connectivity index (χ4n) is 1.08. The first-order valence-electron chi connectivity index (χ1n) is 4.97. The van der Waals surface area contributed by atoms with E-state index in [9.17, 15) is 4.79 Å². The van der Waals surface area contributed by atoms with Crippen molar-refractivity contribution in [1.29, 1.82) is 0 Å². The Labute approximate surface area is 95.2 Å². The van der Waals surface area contributed by atoms with E-state index >= 15 is 0 Å². The summed E-state index contributed by atoms with van der Waals surface area (Å²) < 4.78 is 1.82. The maximum atomic E-state index is 11.7. The fraction of sp³-hybridized carbons (Fsp3) is 0.636. The zero-order valence-electron chi connectivity index (χ0n) is 10.00. The number of rotatable bonds is 3. The molecular weight excluding hydrogens is 208 g/mol. The minimum absolute atomic E-state index is 0.249. The van der Waals surface area contributed by atoms with Gasteiger partial charge in [-0.3, -0.25) is 9.48 Å². The number of carbonyl (C=O) groups excluding carboxylic acids is 1. The monoisotopic (exact) mass is 226 g/mol. The van der Waals surface area contributed by atoms with Crippen LogP contribution in [0.25, 0.3) is 0 Å². The average molecular weight is 226 g/mol. The molecule has 0 aromatic carbocycles. The maximum Gasteiger partial charge on any atom is 0.148 e. The second-order valence-corrected chi connectivity index (χ2v) is 5.71. The molecule has 0 spiro atoms. The molecule has 1 heterocycles. The Morgan fingerprint density at radius 2 is 2.13 bits per heavy atom. The van der Waals surface area contributed by atoms with Gasteiger partial charge in [-0.2, -0.15) is 5.10 Å². The molecule has 0 aliphatic carbocycles. The number of aromatic nitrogens is 2. The van der Waals surface area contributed by atoms with E-state index < -0.39 is 0 Å². The highest BCUT2D eigenvalue weighted by molar-refractivity contribution is 7.99. The number of aryl methyl sites for hydroxylation is 2. The van der Waals surface area contributed by atoms with Crippen LogP contribution in [0.15, 0.2) is 11.1 Å². The zero-order chi connectivity index (χ0) is 11.6. The summed E-state index contributed by atoms with van der Waals surface area (Å²) in [5, 5.41) is 5.28. The van der Waals surface area contributed by atoms with Crippen molar-refractivity contribution in [2.75, 3.05) is 5.75 Å². The smallest absolute Gasteiger partial charge is 0.148 e. The van der Waals surface area contributed by atoms with Gasteiger partial charge in [0, 0.05) is 12.5 Å². The van der Waals surface area contributed by atoms with Gasteiger partial charge in [-0.05, 0) is 13.0 Å². The zero-order valence-corrected chi connectivity index (χ0v) is 10.8. The third-order valence-electron chi connectivity index (χ3n) is 2.15. The number of hydrogen-bond donors (Lipinski definition) is 0. The highest BCUT2D eigenvalue weighted by Crippen LogP contribution is 2.23. The quantitative estimate of drug-likeness (QED) is 0.742. The fourth-order valence-corrected chi connectivity index (χ4v) is 2.27. The van der Waals surface area contributed by atoms with E-state index in [0.29, 0.717) is 5.75 Å². The SMILES string of the molecule is Cc1cc(SCC(=O)C(C)(C)C)n(C)n1. The molecule has 1 rings (SSSR count). The predicted molar refractivity (Wildman–Crippen MR) is 63.1 cm³/mol. The van der Waals surface area contributed by atoms with Gasteiger partial charge in [0.2, 0.25) is 0 Å². The van der Waals surface area contributed by atoms with Crippen LogP contribution in [-0.2, 0) is 11.8 Å². The molecule has 0 bridgehead atoms. The topological polar surface area (TPSA) is 34.9 Å². The number of Topliss-reactive ketones (excluding diaryl/α,β-unsaturated/α-hetero) is 1. The van der Waals surface area contributed by atoms with Gasteiger partial charge >= 0.3 is 0 Å². The molecule has 0 fully saturated rings. The Morgan fingerprint density at radius 3 is 2.53 bits per heavy atom. The van der Waals surface area contributed by atoms with Gasteiger partial charge in [0.25, 0.3) is 0 Å². The first-order valence-corrected chi connectivity index (χ1v) is 5.96. The third-order valence-corrected chi connectivity index (χ3v) is 3.23. The molecule has 3 nitrogen and oxygen atoms in total. The number of hydrogen-bond acceptors (Lipinski definition) is 3. The summed E-state index contributed by atoms with van der Waals surface area (Å²) in [7, 11) is 1.90. The van der Waals surface area contributed by atoms with Gasteiger partial charge < -0.3 is 0 Å². The first-order chi connectivity index (χ1) is 6.80. The third kappa shape index (κ3) is 3.38. The summed E-state index contributed by atoms with van der Waals surface area (Å²) in [5.41, 5.74) is 0.740. The first kappa shape index (κ1) is 12.3. The van der Waals surface area contributed by atoms with E-state index in [1.807, 2.05) is 45.5 Å². The highest BCUT2D eigenvalue weighted by atomic mass is 32.2. The maximum absolute atomic E-state index is 11.7. The normalized spacial score (nSPS) is 11.8. The molecule has 0 N–H and O–H groups in total. The second kappa shape index (κ2) is 4.39. The Hall–Kier alpha value is -0.770. The summed E-state index contributed by atoms with van der Waals surface area (Å²) in [6, 6.07) is 2.00. The lowest BCUT2D eigenvalue weighted by Gasteiger charge is -2.15. The van der Waals surface area contributed by atoms with Crippen molar-refractivity contribution in [3.05, 3.63) is 11.8 Å². The molecule has 0 saturated heterocycles. The van der Waals surface area contributed by atoms with Gasteiger partial charge in [-0.25, -0.2) is 0 Å². The van der Waals surface area contributed by atoms with Crippen LogP contribution in [0.4, 0.5) is 0 Å². The second-order valence-electron chi connectivity index (χ2n) is 4.71. The van der Waals surface area contributed by atoms with Crippen molar-refractivity contribution in [2.24, 2.45) is 12.5 Å². The van der Waals surface area contributed by atoms with Crippen LogP contribution < -0.4 is 0 Å². The van der Waals surface area contributed by atoms with Crippen molar-refractivity contribution in [1.82, 2.24) is 9.78 Å². The van der Waals surface area contributed by atoms with Crippen LogP contribution in [0.5, 0.6) is 0 Å². The lowest BCUT2D eigenvalue weighted by atomic mass is 9.92. The summed E-state index contributed by atoms with van der Waals surface area (Å²) in [6.07, 6.45) is 0. The van der Waals surface area contributed by atoms with Gasteiger partial charge in [0.15, 0.2) is 0 Å². The summed E-state index contributed by atoms with van der Waals surface area (Å²) in [4.78, 5) is 11.7. The van der Waals surface area contributed by atoms with Crippen LogP contribution in [0.2, 0.25) is 0 Å². The van der Waals surface area contributed by atoms with Gasteiger partial charge in [-0.1, -0.05) is 32.5 Å². The lowest BCUT2D eigenvalue weighted by Crippen LogP contribution is -2.22. The van der Waals surface area contributed by atoms with Crippen molar-refractivity contribution in [2.45, 2.75) is 32.7 Å². The Balaban J connectivity index is 2.58. The molecule has 1 aromatic rings. The predicted octanol–water partition coefficient (Wildman–Crippen LogP) is 2.44. The molecule has 0 radical (unpaired) electrons. The van der Waals surface area contributed by atoms with E-state index in [-0.39, 0.29) is 11.2 Å². The van der Waals surface area contributed by atoms with Gasteiger partial charge in [0.05, 0.1) is 16.5 Å². The van der Waals surface area contributed by atoms with E-state index in [2.05, 4.69) is 5.10 Å². The van der Waals surface area contributed by atoms with Gasteiger partial charge in [0.1, 0.15) is 5.78 Å². The van der Waals surface area contributed by atoms with E-state index in [0.717, 1.165) is 10.7 Å². The molecule has 0 atom stereocenters. The van der Waals surface area contributed by atoms with Crippen LogP contribution in [0.3, 0.4) is 0 Å². The number of thioether (sulfide) groups is 1. The van der Waals surface area contributed by atoms with Crippen LogP contribution in [0.1, 0.15) is 26.5 Å². The van der Waals surface area contributed by atoms with Crippen molar-refractivity contribution in [3.63, 3.8) is 0 Å². The van der Waals surface area contributed by atoms with E-state index in [1.54, 1.807) is 11.8 Å². The minimum atomic E-state index is -0.249. The number of carbonyl (C=O) groups is 1. The molecule has 0 unspecified atom stereocenters. The molecule has 0 saturated carbocycles. The average Bonchev–Trinajstić information content (AvgIpc) is 2.39. The van der Waals surface area contributed by atoms with Crippen molar-refractivity contribution in [3.8, 4) is 0 Å². The number of ketones is 1. The molecule has 15 heavy (non-hydrogen) atoms. The Kier molecular flexibility index (Phi) is 3.60.